The van der Waals surface area contributed by atoms with Gasteiger partial charge in [0.05, 0.1) is 12.5 Å². The largest absolute Gasteiger partial charge is 0.367 e. The molecule has 2 unspecified atom stereocenters. The van der Waals surface area contributed by atoms with Crippen LogP contribution in [0.25, 0.3) is 0 Å². The molecule has 0 bridgehead atoms. The van der Waals surface area contributed by atoms with Gasteiger partial charge in [0.1, 0.15) is 5.60 Å². The van der Waals surface area contributed by atoms with Crippen LogP contribution < -0.4 is 5.73 Å². The highest BCUT2D eigenvalue weighted by Gasteiger charge is 2.43. The van der Waals surface area contributed by atoms with Crippen molar-refractivity contribution in [3.8, 4) is 0 Å². The topological polar surface area (TPSA) is 52.3 Å². The van der Waals surface area contributed by atoms with Gasteiger partial charge in [0, 0.05) is 6.04 Å². The summed E-state index contributed by atoms with van der Waals surface area (Å²) >= 11 is 0. The predicted molar refractivity (Wildman–Crippen MR) is 46.8 cm³/mol. The number of carbonyl (C=O) groups excluding carboxylic acids is 1. The third-order valence-corrected chi connectivity index (χ3v) is 2.54. The Hall–Kier alpha value is -0.410. The lowest BCUT2D eigenvalue weighted by Crippen LogP contribution is -2.38. The van der Waals surface area contributed by atoms with Crippen LogP contribution in [-0.4, -0.2) is 24.0 Å². The van der Waals surface area contributed by atoms with Crippen LogP contribution in [0.4, 0.5) is 0 Å². The van der Waals surface area contributed by atoms with Crippen molar-refractivity contribution in [1.29, 1.82) is 0 Å². The molecule has 1 saturated heterocycles. The van der Waals surface area contributed by atoms with Crippen LogP contribution in [0.2, 0.25) is 0 Å². The molecular weight excluding hydrogens is 154 g/mol. The number of ether oxygens (including phenoxy) is 1. The Kier molecular flexibility index (Phi) is 2.54. The molecular formula is C9H17NO2. The second-order valence-electron chi connectivity index (χ2n) is 3.86. The average molecular weight is 171 g/mol. The van der Waals surface area contributed by atoms with Crippen molar-refractivity contribution in [3.05, 3.63) is 0 Å². The Morgan fingerprint density at radius 2 is 2.33 bits per heavy atom. The van der Waals surface area contributed by atoms with Gasteiger partial charge in [0.15, 0.2) is 5.78 Å². The van der Waals surface area contributed by atoms with E-state index in [1.807, 2.05) is 6.92 Å². The highest BCUT2D eigenvalue weighted by Crippen LogP contribution is 2.27. The first kappa shape index (κ1) is 9.68. The van der Waals surface area contributed by atoms with E-state index in [2.05, 4.69) is 0 Å². The minimum Gasteiger partial charge on any atom is -0.367 e. The minimum atomic E-state index is -0.614. The zero-order valence-electron chi connectivity index (χ0n) is 7.96. The quantitative estimate of drug-likeness (QED) is 0.666. The van der Waals surface area contributed by atoms with Crippen LogP contribution >= 0.6 is 0 Å². The van der Waals surface area contributed by atoms with E-state index in [-0.39, 0.29) is 17.7 Å². The Labute approximate surface area is 73.3 Å². The lowest BCUT2D eigenvalue weighted by atomic mass is 9.89. The number of rotatable bonds is 2. The number of nitrogens with two attached hydrogens (primary N) is 1. The number of hydrogen-bond acceptors (Lipinski definition) is 3. The van der Waals surface area contributed by atoms with Crippen molar-refractivity contribution in [2.24, 2.45) is 11.7 Å². The summed E-state index contributed by atoms with van der Waals surface area (Å²) in [7, 11) is 0. The number of hydrogen-bond donors (Lipinski definition) is 1. The second kappa shape index (κ2) is 3.15. The molecule has 0 amide bonds. The molecule has 0 aromatic rings. The molecule has 0 aromatic carbocycles. The van der Waals surface area contributed by atoms with Gasteiger partial charge in [0.2, 0.25) is 0 Å². The second-order valence-corrected chi connectivity index (χ2v) is 3.86. The van der Waals surface area contributed by atoms with Gasteiger partial charge in [-0.15, -0.1) is 0 Å². The Balaban J connectivity index is 2.67. The van der Waals surface area contributed by atoms with E-state index < -0.39 is 5.60 Å². The average Bonchev–Trinajstić information content (AvgIpc) is 2.27. The summed E-state index contributed by atoms with van der Waals surface area (Å²) in [6, 6.07) is -0.0423. The highest BCUT2D eigenvalue weighted by atomic mass is 16.5. The summed E-state index contributed by atoms with van der Waals surface area (Å²) in [4.78, 5) is 11.6. The molecule has 3 nitrogen and oxygen atoms in total. The molecule has 2 N–H and O–H groups in total. The van der Waals surface area contributed by atoms with Gasteiger partial charge in [-0.3, -0.25) is 4.79 Å². The van der Waals surface area contributed by atoms with Gasteiger partial charge in [-0.25, -0.2) is 0 Å². The van der Waals surface area contributed by atoms with Crippen molar-refractivity contribution in [1.82, 2.24) is 0 Å². The summed E-state index contributed by atoms with van der Waals surface area (Å²) in [5.74, 6) is 0.0573. The monoisotopic (exact) mass is 171 g/mol. The van der Waals surface area contributed by atoms with Crippen LogP contribution in [0.3, 0.4) is 0 Å². The minimum absolute atomic E-state index is 0.0423. The Bertz CT molecular complexity index is 189. The van der Waals surface area contributed by atoms with Crippen molar-refractivity contribution >= 4 is 5.78 Å². The molecule has 0 spiro atoms. The molecule has 12 heavy (non-hydrogen) atoms. The summed E-state index contributed by atoms with van der Waals surface area (Å²) in [6.45, 7) is 6.08. The predicted octanol–water partition coefficient (Wildman–Crippen LogP) is 0.718. The van der Waals surface area contributed by atoms with E-state index in [9.17, 15) is 4.79 Å². The molecule has 1 fully saturated rings. The molecule has 0 aliphatic carbocycles. The molecule has 0 saturated carbocycles. The summed E-state index contributed by atoms with van der Waals surface area (Å²) in [5.41, 5.74) is 5.18. The maximum absolute atomic E-state index is 11.6. The van der Waals surface area contributed by atoms with Gasteiger partial charge >= 0.3 is 0 Å². The summed E-state index contributed by atoms with van der Waals surface area (Å²) in [5, 5.41) is 0. The summed E-state index contributed by atoms with van der Waals surface area (Å²) in [6.07, 6.45) is 0.829. The molecule has 70 valence electrons. The van der Waals surface area contributed by atoms with Gasteiger partial charge in [0.25, 0.3) is 0 Å². The van der Waals surface area contributed by atoms with E-state index in [0.717, 1.165) is 6.42 Å². The highest BCUT2D eigenvalue weighted by molar-refractivity contribution is 5.90. The third kappa shape index (κ3) is 1.52. The van der Waals surface area contributed by atoms with Crippen molar-refractivity contribution < 1.29 is 9.53 Å². The SMILES string of the molecule is CCC(N)C1COC(C)(C)C1=O. The molecule has 1 rings (SSSR count). The van der Waals surface area contributed by atoms with Crippen molar-refractivity contribution in [2.75, 3.05) is 6.61 Å². The first-order chi connectivity index (χ1) is 5.49. The number of Topliss-reactive ketones (excluding diaryl/α,β-unsaturated/α-hetero) is 1. The first-order valence-corrected chi connectivity index (χ1v) is 4.43. The Morgan fingerprint density at radius 1 is 1.75 bits per heavy atom. The zero-order chi connectivity index (χ0) is 9.35. The van der Waals surface area contributed by atoms with Crippen molar-refractivity contribution in [2.45, 2.75) is 38.8 Å². The molecule has 2 atom stereocenters. The lowest BCUT2D eigenvalue weighted by Gasteiger charge is -2.17. The molecule has 1 aliphatic heterocycles. The fraction of sp³-hybridized carbons (Fsp3) is 0.889. The molecule has 1 aliphatic rings. The molecule has 1 heterocycles. The van der Waals surface area contributed by atoms with Gasteiger partial charge in [-0.2, -0.15) is 0 Å². The van der Waals surface area contributed by atoms with E-state index in [4.69, 9.17) is 10.5 Å². The first-order valence-electron chi connectivity index (χ1n) is 4.43. The van der Waals surface area contributed by atoms with Crippen LogP contribution in [0.15, 0.2) is 0 Å². The van der Waals surface area contributed by atoms with E-state index >= 15 is 0 Å². The van der Waals surface area contributed by atoms with E-state index in [1.54, 1.807) is 13.8 Å². The maximum Gasteiger partial charge on any atom is 0.170 e. The van der Waals surface area contributed by atoms with Crippen LogP contribution in [0.5, 0.6) is 0 Å². The zero-order valence-corrected chi connectivity index (χ0v) is 7.96. The van der Waals surface area contributed by atoms with Gasteiger partial charge in [-0.1, -0.05) is 6.92 Å². The van der Waals surface area contributed by atoms with E-state index in [0.29, 0.717) is 6.61 Å². The Morgan fingerprint density at radius 3 is 2.67 bits per heavy atom. The fourth-order valence-electron chi connectivity index (χ4n) is 1.49. The lowest BCUT2D eigenvalue weighted by molar-refractivity contribution is -0.130. The molecule has 0 aromatic heterocycles. The van der Waals surface area contributed by atoms with Crippen LogP contribution in [-0.2, 0) is 9.53 Å². The van der Waals surface area contributed by atoms with Crippen molar-refractivity contribution in [3.63, 3.8) is 0 Å². The van der Waals surface area contributed by atoms with Gasteiger partial charge in [-0.05, 0) is 20.3 Å². The van der Waals surface area contributed by atoms with E-state index in [1.165, 1.54) is 0 Å². The fourth-order valence-corrected chi connectivity index (χ4v) is 1.49. The smallest absolute Gasteiger partial charge is 0.170 e. The number of ketones is 1. The standard InChI is InChI=1S/C9H17NO2/c1-4-7(10)6-5-12-9(2,3)8(6)11/h6-7H,4-5,10H2,1-3H3. The molecule has 3 heteroatoms. The van der Waals surface area contributed by atoms with Crippen LogP contribution in [0.1, 0.15) is 27.2 Å². The third-order valence-electron chi connectivity index (χ3n) is 2.54. The van der Waals surface area contributed by atoms with Crippen LogP contribution in [0, 0.1) is 5.92 Å². The van der Waals surface area contributed by atoms with Gasteiger partial charge < -0.3 is 10.5 Å². The maximum atomic E-state index is 11.6. The number of carbonyl (C=O) groups is 1. The molecule has 0 radical (unpaired) electrons. The normalized spacial score (nSPS) is 30.7. The summed E-state index contributed by atoms with van der Waals surface area (Å²) < 4.78 is 5.36.